The normalized spacial score (nSPS) is 19.4. The quantitative estimate of drug-likeness (QED) is 0.910. The molecule has 112 valence electrons. The molecule has 1 aliphatic rings. The van der Waals surface area contributed by atoms with Gasteiger partial charge in [-0.2, -0.15) is 0 Å². The Balaban J connectivity index is 1.80. The zero-order chi connectivity index (χ0) is 15.0. The van der Waals surface area contributed by atoms with Gasteiger partial charge >= 0.3 is 0 Å². The Labute approximate surface area is 124 Å². The highest BCUT2D eigenvalue weighted by molar-refractivity contribution is 5.89. The molecule has 0 saturated carbocycles. The summed E-state index contributed by atoms with van der Waals surface area (Å²) in [5.41, 5.74) is 1.24. The fourth-order valence-corrected chi connectivity index (χ4v) is 3.34. The van der Waals surface area contributed by atoms with Crippen molar-refractivity contribution in [2.24, 2.45) is 0 Å². The van der Waals surface area contributed by atoms with E-state index in [1.807, 2.05) is 35.4 Å². The largest absolute Gasteiger partial charge is 0.388 e. The van der Waals surface area contributed by atoms with Gasteiger partial charge in [0.15, 0.2) is 0 Å². The third-order valence-corrected chi connectivity index (χ3v) is 4.41. The fourth-order valence-electron chi connectivity index (χ4n) is 3.34. The van der Waals surface area contributed by atoms with Crippen molar-refractivity contribution < 1.29 is 9.90 Å². The van der Waals surface area contributed by atoms with E-state index < -0.39 is 5.60 Å². The van der Waals surface area contributed by atoms with Crippen molar-refractivity contribution in [1.29, 1.82) is 0 Å². The number of aliphatic hydroxyl groups is 1. The van der Waals surface area contributed by atoms with Crippen molar-refractivity contribution in [3.63, 3.8) is 0 Å². The standard InChI is InChI=1S/C17H22N2O2/c1-17(2,21)15-8-5-9-19(15)16(20)10-12-11-18-14-7-4-3-6-13(12)14/h3-4,6-7,11,15,18,21H,5,8-10H2,1-2H3. The van der Waals surface area contributed by atoms with Crippen LogP contribution >= 0.6 is 0 Å². The highest BCUT2D eigenvalue weighted by Crippen LogP contribution is 2.28. The number of hydrogen-bond acceptors (Lipinski definition) is 2. The van der Waals surface area contributed by atoms with Gasteiger partial charge in [-0.25, -0.2) is 0 Å². The number of H-pyrrole nitrogens is 1. The molecule has 3 rings (SSSR count). The van der Waals surface area contributed by atoms with E-state index in [9.17, 15) is 9.90 Å². The number of para-hydroxylation sites is 1. The smallest absolute Gasteiger partial charge is 0.227 e. The Hall–Kier alpha value is -1.81. The molecule has 1 amide bonds. The Morgan fingerprint density at radius 3 is 2.95 bits per heavy atom. The van der Waals surface area contributed by atoms with Gasteiger partial charge in [0.2, 0.25) is 5.91 Å². The summed E-state index contributed by atoms with van der Waals surface area (Å²) in [7, 11) is 0. The van der Waals surface area contributed by atoms with Crippen molar-refractivity contribution in [2.75, 3.05) is 6.54 Å². The Morgan fingerprint density at radius 2 is 2.19 bits per heavy atom. The van der Waals surface area contributed by atoms with Crippen LogP contribution in [0, 0.1) is 0 Å². The first-order valence-electron chi connectivity index (χ1n) is 7.53. The van der Waals surface area contributed by atoms with Crippen LogP contribution in [0.4, 0.5) is 0 Å². The summed E-state index contributed by atoms with van der Waals surface area (Å²) in [4.78, 5) is 17.7. The maximum Gasteiger partial charge on any atom is 0.227 e. The number of nitrogens with zero attached hydrogens (tertiary/aromatic N) is 1. The molecule has 0 spiro atoms. The van der Waals surface area contributed by atoms with E-state index in [4.69, 9.17) is 0 Å². The van der Waals surface area contributed by atoms with Gasteiger partial charge in [0.05, 0.1) is 18.1 Å². The minimum Gasteiger partial charge on any atom is -0.388 e. The summed E-state index contributed by atoms with van der Waals surface area (Å²) in [5.74, 6) is 0.101. The SMILES string of the molecule is CC(C)(O)C1CCCN1C(=O)Cc1c[nH]c2ccccc12. The second kappa shape index (κ2) is 5.19. The number of likely N-dealkylation sites (tertiary alicyclic amines) is 1. The maximum absolute atomic E-state index is 12.6. The van der Waals surface area contributed by atoms with E-state index in [-0.39, 0.29) is 11.9 Å². The minimum absolute atomic E-state index is 0.0739. The van der Waals surface area contributed by atoms with Crippen LogP contribution in [-0.2, 0) is 11.2 Å². The minimum atomic E-state index is -0.841. The van der Waals surface area contributed by atoms with Gasteiger partial charge in [0.1, 0.15) is 0 Å². The molecule has 0 aliphatic carbocycles. The number of carbonyl (C=O) groups is 1. The number of hydrogen-bond donors (Lipinski definition) is 2. The van der Waals surface area contributed by atoms with Gasteiger partial charge in [-0.05, 0) is 38.3 Å². The van der Waals surface area contributed by atoms with Gasteiger partial charge in [0, 0.05) is 23.6 Å². The van der Waals surface area contributed by atoms with Crippen LogP contribution in [0.1, 0.15) is 32.3 Å². The topological polar surface area (TPSA) is 56.3 Å². The number of benzene rings is 1. The number of nitrogens with one attached hydrogen (secondary N) is 1. The van der Waals surface area contributed by atoms with Crippen molar-refractivity contribution >= 4 is 16.8 Å². The Bertz CT molecular complexity index is 654. The molecule has 1 unspecified atom stereocenters. The van der Waals surface area contributed by atoms with Crippen molar-refractivity contribution in [3.8, 4) is 0 Å². The van der Waals surface area contributed by atoms with Crippen molar-refractivity contribution in [2.45, 2.75) is 44.8 Å². The molecule has 1 atom stereocenters. The molecule has 0 bridgehead atoms. The van der Waals surface area contributed by atoms with Crippen LogP contribution in [-0.4, -0.2) is 39.1 Å². The van der Waals surface area contributed by atoms with Crippen LogP contribution in [0.5, 0.6) is 0 Å². The number of aromatic amines is 1. The van der Waals surface area contributed by atoms with Crippen molar-refractivity contribution in [3.05, 3.63) is 36.0 Å². The average molecular weight is 286 g/mol. The van der Waals surface area contributed by atoms with Crippen LogP contribution in [0.2, 0.25) is 0 Å². The van der Waals surface area contributed by atoms with E-state index in [1.165, 1.54) is 0 Å². The number of carbonyl (C=O) groups excluding carboxylic acids is 1. The second-order valence-corrected chi connectivity index (χ2v) is 6.44. The third-order valence-electron chi connectivity index (χ3n) is 4.41. The summed E-state index contributed by atoms with van der Waals surface area (Å²) in [6.07, 6.45) is 4.14. The first kappa shape index (κ1) is 14.1. The molecule has 1 aliphatic heterocycles. The van der Waals surface area contributed by atoms with E-state index in [2.05, 4.69) is 4.98 Å². The predicted molar refractivity (Wildman–Crippen MR) is 83.0 cm³/mol. The Morgan fingerprint density at radius 1 is 1.43 bits per heavy atom. The fraction of sp³-hybridized carbons (Fsp3) is 0.471. The van der Waals surface area contributed by atoms with E-state index in [0.29, 0.717) is 6.42 Å². The van der Waals surface area contributed by atoms with Crippen LogP contribution < -0.4 is 0 Å². The summed E-state index contributed by atoms with van der Waals surface area (Å²) >= 11 is 0. The predicted octanol–water partition coefficient (Wildman–Crippen LogP) is 2.47. The summed E-state index contributed by atoms with van der Waals surface area (Å²) in [5, 5.41) is 11.3. The first-order chi connectivity index (χ1) is 9.97. The monoisotopic (exact) mass is 286 g/mol. The summed E-state index contributed by atoms with van der Waals surface area (Å²) in [6, 6.07) is 7.94. The van der Waals surface area contributed by atoms with E-state index in [1.54, 1.807) is 13.8 Å². The molecule has 1 aromatic carbocycles. The second-order valence-electron chi connectivity index (χ2n) is 6.44. The summed E-state index contributed by atoms with van der Waals surface area (Å²) in [6.45, 7) is 4.32. The molecule has 2 N–H and O–H groups in total. The lowest BCUT2D eigenvalue weighted by molar-refractivity contribution is -0.135. The zero-order valence-corrected chi connectivity index (χ0v) is 12.6. The molecular weight excluding hydrogens is 264 g/mol. The van der Waals surface area contributed by atoms with Crippen LogP contribution in [0.15, 0.2) is 30.5 Å². The van der Waals surface area contributed by atoms with E-state index >= 15 is 0 Å². The highest BCUT2D eigenvalue weighted by atomic mass is 16.3. The molecule has 1 aromatic heterocycles. The molecule has 21 heavy (non-hydrogen) atoms. The number of rotatable bonds is 3. The average Bonchev–Trinajstić information content (AvgIpc) is 3.05. The summed E-state index contributed by atoms with van der Waals surface area (Å²) < 4.78 is 0. The molecule has 1 fully saturated rings. The lowest BCUT2D eigenvalue weighted by Gasteiger charge is -2.33. The molecule has 0 radical (unpaired) electrons. The van der Waals surface area contributed by atoms with Gasteiger partial charge in [-0.3, -0.25) is 4.79 Å². The molecule has 1 saturated heterocycles. The van der Waals surface area contributed by atoms with Gasteiger partial charge in [0.25, 0.3) is 0 Å². The molecular formula is C17H22N2O2. The third kappa shape index (κ3) is 2.68. The highest BCUT2D eigenvalue weighted by Gasteiger charge is 2.38. The molecule has 2 heterocycles. The van der Waals surface area contributed by atoms with Gasteiger partial charge < -0.3 is 15.0 Å². The van der Waals surface area contributed by atoms with Crippen LogP contribution in [0.25, 0.3) is 10.9 Å². The molecule has 2 aromatic rings. The lowest BCUT2D eigenvalue weighted by atomic mass is 9.96. The van der Waals surface area contributed by atoms with Gasteiger partial charge in [-0.1, -0.05) is 18.2 Å². The number of fused-ring (bicyclic) bond motifs is 1. The zero-order valence-electron chi connectivity index (χ0n) is 12.6. The van der Waals surface area contributed by atoms with Crippen molar-refractivity contribution in [1.82, 2.24) is 9.88 Å². The van der Waals surface area contributed by atoms with Gasteiger partial charge in [-0.15, -0.1) is 0 Å². The van der Waals surface area contributed by atoms with E-state index in [0.717, 1.165) is 35.9 Å². The number of amides is 1. The first-order valence-corrected chi connectivity index (χ1v) is 7.53. The van der Waals surface area contributed by atoms with Crippen LogP contribution in [0.3, 0.4) is 0 Å². The Kier molecular flexibility index (Phi) is 3.49. The molecule has 4 nitrogen and oxygen atoms in total. The number of aromatic nitrogens is 1. The maximum atomic E-state index is 12.6. The molecule has 4 heteroatoms. The lowest BCUT2D eigenvalue weighted by Crippen LogP contribution is -2.48.